The lowest BCUT2D eigenvalue weighted by molar-refractivity contribution is 0.171. The van der Waals surface area contributed by atoms with Gasteiger partial charge in [0, 0.05) is 19.2 Å². The zero-order valence-electron chi connectivity index (χ0n) is 18.3. The third-order valence-corrected chi connectivity index (χ3v) is 8.92. The van der Waals surface area contributed by atoms with E-state index >= 15 is 0 Å². The fraction of sp³-hybridized carbons (Fsp3) is 0.455. The smallest absolute Gasteiger partial charge is 0.246 e. The average molecular weight is 517 g/mol. The standard InChI is InChI=1S/C22H26F2N2O6S2/c23-18-5-2-6-19(24)22(18)34(29,30)26-14-16-4-1-3-15(11-16)13-25-33(27,28)17-7-8-20-21(12-17)32-10-9-31-20/h2,5-8,12,15-16H,1,3-4,9-11,13-14H2,(H2-2,25,26,27,28,29,30)/t15-,16-/m0/s1. The fourth-order valence-electron chi connectivity index (χ4n) is 4.31. The Labute approximate surface area is 199 Å². The minimum Gasteiger partial charge on any atom is -0.593 e. The summed E-state index contributed by atoms with van der Waals surface area (Å²) in [7, 11) is -8.12. The summed E-state index contributed by atoms with van der Waals surface area (Å²) in [6.07, 6.45) is 2.88. The molecule has 1 aliphatic carbocycles. The van der Waals surface area contributed by atoms with Gasteiger partial charge in [-0.3, -0.25) is 0 Å². The minimum atomic E-state index is -4.35. The summed E-state index contributed by atoms with van der Waals surface area (Å²) in [5.41, 5.74) is 0. The van der Waals surface area contributed by atoms with Crippen molar-refractivity contribution in [2.45, 2.75) is 35.5 Å². The maximum atomic E-state index is 13.9. The molecule has 0 radical (unpaired) electrons. The van der Waals surface area contributed by atoms with Crippen molar-refractivity contribution in [1.82, 2.24) is 9.44 Å². The highest BCUT2D eigenvalue weighted by Gasteiger charge is 2.32. The van der Waals surface area contributed by atoms with Crippen molar-refractivity contribution in [3.05, 3.63) is 48.0 Å². The van der Waals surface area contributed by atoms with Crippen molar-refractivity contribution in [3.8, 4) is 11.5 Å². The molecule has 0 saturated heterocycles. The molecular weight excluding hydrogens is 490 g/mol. The summed E-state index contributed by atoms with van der Waals surface area (Å²) < 4.78 is 93.9. The molecule has 2 unspecified atom stereocenters. The second kappa shape index (κ2) is 10.3. The maximum absolute atomic E-state index is 13.9. The molecule has 2 aromatic carbocycles. The third-order valence-electron chi connectivity index (χ3n) is 6.03. The summed E-state index contributed by atoms with van der Waals surface area (Å²) in [6.45, 7) is 0.968. The van der Waals surface area contributed by atoms with Gasteiger partial charge in [0.15, 0.2) is 48.8 Å². The van der Waals surface area contributed by atoms with Gasteiger partial charge in [-0.15, -0.1) is 9.44 Å². The molecule has 0 amide bonds. The number of nitrogens with one attached hydrogen (secondary N) is 2. The summed E-state index contributed by atoms with van der Waals surface area (Å²) in [6, 6.07) is 7.32. The lowest BCUT2D eigenvalue weighted by Crippen LogP contribution is -2.39. The quantitative estimate of drug-likeness (QED) is 0.520. The number of hydrogen-bond acceptors (Lipinski definition) is 6. The second-order valence-electron chi connectivity index (χ2n) is 8.46. The number of fused-ring (bicyclic) bond motifs is 1. The van der Waals surface area contributed by atoms with Crippen LogP contribution in [0.25, 0.3) is 0 Å². The fourth-order valence-corrected chi connectivity index (χ4v) is 6.69. The molecule has 4 rings (SSSR count). The van der Waals surface area contributed by atoms with Crippen LogP contribution in [0.4, 0.5) is 8.78 Å². The van der Waals surface area contributed by atoms with Crippen molar-refractivity contribution in [1.29, 1.82) is 0 Å². The Hall–Kier alpha value is -1.96. The number of hydrogen-bond donors (Lipinski definition) is 2. The Kier molecular flexibility index (Phi) is 7.65. The first-order valence-corrected chi connectivity index (χ1v) is 14.0. The molecule has 2 N–H and O–H groups in total. The molecule has 12 heteroatoms. The predicted octanol–water partition coefficient (Wildman–Crippen LogP) is 3.23. The molecule has 34 heavy (non-hydrogen) atoms. The largest absolute Gasteiger partial charge is 0.593 e. The van der Waals surface area contributed by atoms with Crippen LogP contribution in [0, 0.1) is 23.5 Å². The first kappa shape index (κ1) is 25.1. The van der Waals surface area contributed by atoms with Crippen LogP contribution in [0.3, 0.4) is 0 Å². The van der Waals surface area contributed by atoms with Crippen LogP contribution in [0.1, 0.15) is 25.7 Å². The molecule has 1 saturated carbocycles. The van der Waals surface area contributed by atoms with Gasteiger partial charge in [-0.25, -0.2) is 8.78 Å². The topological polar surface area (TPSA) is 123 Å². The molecule has 0 bridgehead atoms. The Bertz CT molecular complexity index is 1110. The monoisotopic (exact) mass is 516 g/mol. The summed E-state index contributed by atoms with van der Waals surface area (Å²) in [5, 5.41) is 0. The van der Waals surface area contributed by atoms with Crippen LogP contribution in [-0.2, 0) is 29.2 Å². The highest BCUT2D eigenvalue weighted by molar-refractivity contribution is 7.96. The number of sulfonamides is 2. The van der Waals surface area contributed by atoms with Crippen LogP contribution in [0.15, 0.2) is 46.2 Å². The lowest BCUT2D eigenvalue weighted by Gasteiger charge is -2.30. The van der Waals surface area contributed by atoms with E-state index in [1.54, 1.807) is 6.07 Å². The van der Waals surface area contributed by atoms with Gasteiger partial charge in [0.2, 0.25) is 4.90 Å². The molecule has 1 fully saturated rings. The van der Waals surface area contributed by atoms with E-state index in [0.29, 0.717) is 31.1 Å². The predicted molar refractivity (Wildman–Crippen MR) is 119 cm³/mol. The SMILES string of the molecule is O=[S+]([O-])(NC[C@H]1CCC[C@H](CN[S+](=O)([O-])c2c(F)cccc2F)C1)c1ccc2c(c1)OCCO2. The minimum absolute atomic E-state index is 0.000405. The molecule has 0 spiro atoms. The summed E-state index contributed by atoms with van der Waals surface area (Å²) >= 11 is 0. The number of rotatable bonds is 8. The van der Waals surface area contributed by atoms with Gasteiger partial charge in [-0.2, -0.15) is 0 Å². The normalized spacial score (nSPS) is 23.6. The maximum Gasteiger partial charge on any atom is 0.246 e. The molecule has 186 valence electrons. The molecule has 1 aliphatic heterocycles. The average Bonchev–Trinajstić information content (AvgIpc) is 2.81. The van der Waals surface area contributed by atoms with Crippen LogP contribution in [-0.4, -0.2) is 35.4 Å². The van der Waals surface area contributed by atoms with E-state index < -0.39 is 37.3 Å². The van der Waals surface area contributed by atoms with E-state index in [1.807, 2.05) is 0 Å². The van der Waals surface area contributed by atoms with Gasteiger partial charge in [-0.1, -0.05) is 20.9 Å². The number of ether oxygens (including phenoxy) is 2. The van der Waals surface area contributed by atoms with Crippen molar-refractivity contribution >= 4 is 20.8 Å². The highest BCUT2D eigenvalue weighted by atomic mass is 32.3. The van der Waals surface area contributed by atoms with Gasteiger partial charge in [0.25, 0.3) is 0 Å². The number of halogens is 2. The van der Waals surface area contributed by atoms with E-state index in [2.05, 4.69) is 9.44 Å². The van der Waals surface area contributed by atoms with E-state index in [1.165, 1.54) is 12.1 Å². The van der Waals surface area contributed by atoms with E-state index in [-0.39, 0.29) is 29.8 Å². The third kappa shape index (κ3) is 5.81. The molecule has 2 aromatic rings. The summed E-state index contributed by atoms with van der Waals surface area (Å²) in [5.74, 6) is -1.50. The Morgan fingerprint density at radius 3 is 2.12 bits per heavy atom. The van der Waals surface area contributed by atoms with Crippen LogP contribution in [0.2, 0.25) is 0 Å². The van der Waals surface area contributed by atoms with Crippen LogP contribution in [0.5, 0.6) is 11.5 Å². The Balaban J connectivity index is 1.32. The van der Waals surface area contributed by atoms with Crippen molar-refractivity contribution in [2.75, 3.05) is 26.3 Å². The second-order valence-corrected chi connectivity index (χ2v) is 11.9. The van der Waals surface area contributed by atoms with Crippen molar-refractivity contribution in [2.24, 2.45) is 11.8 Å². The number of benzene rings is 2. The van der Waals surface area contributed by atoms with Crippen molar-refractivity contribution in [3.63, 3.8) is 0 Å². The van der Waals surface area contributed by atoms with Gasteiger partial charge >= 0.3 is 0 Å². The van der Waals surface area contributed by atoms with Crippen molar-refractivity contribution < 1.29 is 35.8 Å². The van der Waals surface area contributed by atoms with Crippen LogP contribution < -0.4 is 18.9 Å². The zero-order chi connectivity index (χ0) is 24.3. The summed E-state index contributed by atoms with van der Waals surface area (Å²) in [4.78, 5) is -0.918. The van der Waals surface area contributed by atoms with Gasteiger partial charge in [-0.05, 0) is 55.4 Å². The molecule has 2 aliphatic rings. The van der Waals surface area contributed by atoms with Crippen LogP contribution >= 0.6 is 0 Å². The van der Waals surface area contributed by atoms with Gasteiger partial charge in [0.05, 0.1) is 0 Å². The van der Waals surface area contributed by atoms with Gasteiger partial charge < -0.3 is 18.6 Å². The molecular formula is C22H26F2N2O6S2. The first-order valence-electron chi connectivity index (χ1n) is 11.0. The molecule has 4 atom stereocenters. The van der Waals surface area contributed by atoms with Gasteiger partial charge in [0.1, 0.15) is 13.2 Å². The zero-order valence-corrected chi connectivity index (χ0v) is 19.9. The van der Waals surface area contributed by atoms with E-state index in [9.17, 15) is 26.3 Å². The van der Waals surface area contributed by atoms with E-state index in [0.717, 1.165) is 37.5 Å². The Morgan fingerprint density at radius 1 is 0.882 bits per heavy atom. The van der Waals surface area contributed by atoms with E-state index in [4.69, 9.17) is 9.47 Å². The molecule has 8 nitrogen and oxygen atoms in total. The molecule has 1 heterocycles. The molecule has 0 aromatic heterocycles. The highest BCUT2D eigenvalue weighted by Crippen LogP contribution is 2.34. The Morgan fingerprint density at radius 2 is 1.47 bits per heavy atom. The lowest BCUT2D eigenvalue weighted by atomic mass is 9.81. The first-order chi connectivity index (χ1) is 16.2.